The molecule has 3 heteroatoms. The molecule has 24 heavy (non-hydrogen) atoms. The Morgan fingerprint density at radius 3 is 2.12 bits per heavy atom. The standard InChI is InChI=1S/C21H25NO2/c23-21(20-12-15-24-16-13-20)22(17-19-9-5-2-6-10-19)14-11-18-7-3-1-4-8-18/h1-10,20H,11-17H2. The molecule has 0 aromatic heterocycles. The summed E-state index contributed by atoms with van der Waals surface area (Å²) in [6.07, 6.45) is 2.58. The first-order valence-electron chi connectivity index (χ1n) is 8.77. The molecule has 1 aliphatic heterocycles. The van der Waals surface area contributed by atoms with Gasteiger partial charge in [-0.15, -0.1) is 0 Å². The second kappa shape index (κ2) is 8.65. The second-order valence-corrected chi connectivity index (χ2v) is 6.37. The maximum Gasteiger partial charge on any atom is 0.226 e. The van der Waals surface area contributed by atoms with Gasteiger partial charge in [0, 0.05) is 32.2 Å². The number of amides is 1. The molecule has 3 nitrogen and oxygen atoms in total. The largest absolute Gasteiger partial charge is 0.381 e. The van der Waals surface area contributed by atoms with E-state index in [-0.39, 0.29) is 11.8 Å². The molecule has 0 aliphatic carbocycles. The van der Waals surface area contributed by atoms with Gasteiger partial charge < -0.3 is 9.64 Å². The van der Waals surface area contributed by atoms with Crippen LogP contribution in [0.2, 0.25) is 0 Å². The molecule has 2 aromatic carbocycles. The Kier molecular flexibility index (Phi) is 6.02. The molecule has 0 bridgehead atoms. The molecule has 2 aromatic rings. The van der Waals surface area contributed by atoms with Crippen LogP contribution in [0.25, 0.3) is 0 Å². The van der Waals surface area contributed by atoms with Gasteiger partial charge in [0.05, 0.1) is 0 Å². The van der Waals surface area contributed by atoms with Gasteiger partial charge in [0.25, 0.3) is 0 Å². The van der Waals surface area contributed by atoms with Gasteiger partial charge in [-0.05, 0) is 30.4 Å². The van der Waals surface area contributed by atoms with Crippen LogP contribution in [0, 0.1) is 5.92 Å². The first-order chi connectivity index (χ1) is 11.8. The molecule has 126 valence electrons. The molecule has 0 radical (unpaired) electrons. The number of carbonyl (C=O) groups is 1. The number of hydrogen-bond acceptors (Lipinski definition) is 2. The molecule has 3 rings (SSSR count). The highest BCUT2D eigenvalue weighted by Gasteiger charge is 2.26. The molecule has 0 N–H and O–H groups in total. The quantitative estimate of drug-likeness (QED) is 0.811. The predicted molar refractivity (Wildman–Crippen MR) is 95.5 cm³/mol. The summed E-state index contributed by atoms with van der Waals surface area (Å²) < 4.78 is 5.41. The minimum absolute atomic E-state index is 0.109. The average molecular weight is 323 g/mol. The van der Waals surface area contributed by atoms with Crippen LogP contribution in [-0.2, 0) is 22.5 Å². The molecular formula is C21H25NO2. The fourth-order valence-electron chi connectivity index (χ4n) is 3.18. The second-order valence-electron chi connectivity index (χ2n) is 6.37. The summed E-state index contributed by atoms with van der Waals surface area (Å²) in [5.74, 6) is 0.385. The molecule has 0 unspecified atom stereocenters. The third-order valence-corrected chi connectivity index (χ3v) is 4.61. The highest BCUT2D eigenvalue weighted by molar-refractivity contribution is 5.79. The van der Waals surface area contributed by atoms with Gasteiger partial charge in [-0.25, -0.2) is 0 Å². The van der Waals surface area contributed by atoms with Gasteiger partial charge in [-0.2, -0.15) is 0 Å². The van der Waals surface area contributed by atoms with Gasteiger partial charge in [-0.1, -0.05) is 60.7 Å². The lowest BCUT2D eigenvalue weighted by Gasteiger charge is -2.29. The normalized spacial score (nSPS) is 15.2. The van der Waals surface area contributed by atoms with Crippen LogP contribution in [0.4, 0.5) is 0 Å². The third-order valence-electron chi connectivity index (χ3n) is 4.61. The molecule has 0 saturated carbocycles. The minimum Gasteiger partial charge on any atom is -0.381 e. The molecular weight excluding hydrogens is 298 g/mol. The number of rotatable bonds is 6. The summed E-state index contributed by atoms with van der Waals surface area (Å²) in [5.41, 5.74) is 2.46. The summed E-state index contributed by atoms with van der Waals surface area (Å²) in [5, 5.41) is 0. The molecule has 1 amide bonds. The first kappa shape index (κ1) is 16.7. The van der Waals surface area contributed by atoms with Crippen LogP contribution in [-0.4, -0.2) is 30.6 Å². The van der Waals surface area contributed by atoms with Crippen molar-refractivity contribution in [3.8, 4) is 0 Å². The predicted octanol–water partition coefficient (Wildman–Crippen LogP) is 3.68. The number of ether oxygens (including phenoxy) is 1. The molecule has 0 spiro atoms. The minimum atomic E-state index is 0.109. The van der Waals surface area contributed by atoms with Crippen molar-refractivity contribution in [2.45, 2.75) is 25.8 Å². The van der Waals surface area contributed by atoms with Gasteiger partial charge in [0.1, 0.15) is 0 Å². The van der Waals surface area contributed by atoms with Crippen LogP contribution >= 0.6 is 0 Å². The van der Waals surface area contributed by atoms with E-state index in [1.165, 1.54) is 11.1 Å². The van der Waals surface area contributed by atoms with Gasteiger partial charge in [-0.3, -0.25) is 4.79 Å². The van der Waals surface area contributed by atoms with Crippen molar-refractivity contribution in [3.63, 3.8) is 0 Å². The Balaban J connectivity index is 1.68. The lowest BCUT2D eigenvalue weighted by Crippen LogP contribution is -2.39. The molecule has 1 fully saturated rings. The number of carbonyl (C=O) groups excluding carboxylic acids is 1. The van der Waals surface area contributed by atoms with E-state index < -0.39 is 0 Å². The summed E-state index contributed by atoms with van der Waals surface area (Å²) >= 11 is 0. The fraction of sp³-hybridized carbons (Fsp3) is 0.381. The summed E-state index contributed by atoms with van der Waals surface area (Å²) in [7, 11) is 0. The molecule has 1 saturated heterocycles. The van der Waals surface area contributed by atoms with Crippen LogP contribution in [0.5, 0.6) is 0 Å². The zero-order valence-corrected chi connectivity index (χ0v) is 14.1. The van der Waals surface area contributed by atoms with Crippen LogP contribution in [0.15, 0.2) is 60.7 Å². The van der Waals surface area contributed by atoms with Crippen molar-refractivity contribution in [2.24, 2.45) is 5.92 Å². The number of hydrogen-bond donors (Lipinski definition) is 0. The SMILES string of the molecule is O=C(C1CCOCC1)N(CCc1ccccc1)Cc1ccccc1. The van der Waals surface area contributed by atoms with Crippen molar-refractivity contribution in [2.75, 3.05) is 19.8 Å². The average Bonchev–Trinajstić information content (AvgIpc) is 2.67. The highest BCUT2D eigenvalue weighted by atomic mass is 16.5. The maximum absolute atomic E-state index is 13.0. The Morgan fingerprint density at radius 2 is 1.50 bits per heavy atom. The van der Waals surface area contributed by atoms with Gasteiger partial charge in [0.2, 0.25) is 5.91 Å². The van der Waals surface area contributed by atoms with Crippen LogP contribution in [0.3, 0.4) is 0 Å². The van der Waals surface area contributed by atoms with E-state index in [1.807, 2.05) is 29.2 Å². The Labute approximate surface area is 144 Å². The van der Waals surface area contributed by atoms with Crippen molar-refractivity contribution in [1.82, 2.24) is 4.90 Å². The van der Waals surface area contributed by atoms with Crippen molar-refractivity contribution >= 4 is 5.91 Å². The van der Waals surface area contributed by atoms with E-state index in [0.717, 1.165) is 25.8 Å². The Hall–Kier alpha value is -2.13. The lowest BCUT2D eigenvalue weighted by molar-refractivity contribution is -0.139. The summed E-state index contributed by atoms with van der Waals surface area (Å²) in [6, 6.07) is 20.6. The molecule has 1 heterocycles. The third kappa shape index (κ3) is 4.68. The van der Waals surface area contributed by atoms with E-state index in [2.05, 4.69) is 36.4 Å². The maximum atomic E-state index is 13.0. The van der Waals surface area contributed by atoms with Crippen molar-refractivity contribution < 1.29 is 9.53 Å². The fourth-order valence-corrected chi connectivity index (χ4v) is 3.18. The Bertz CT molecular complexity index is 621. The van der Waals surface area contributed by atoms with E-state index in [0.29, 0.717) is 19.8 Å². The number of nitrogens with zero attached hydrogens (tertiary/aromatic N) is 1. The lowest BCUT2D eigenvalue weighted by atomic mass is 9.98. The molecule has 0 atom stereocenters. The van der Waals surface area contributed by atoms with Gasteiger partial charge >= 0.3 is 0 Å². The zero-order chi connectivity index (χ0) is 16.6. The Morgan fingerprint density at radius 1 is 0.917 bits per heavy atom. The monoisotopic (exact) mass is 323 g/mol. The smallest absolute Gasteiger partial charge is 0.226 e. The zero-order valence-electron chi connectivity index (χ0n) is 14.1. The summed E-state index contributed by atoms with van der Waals surface area (Å²) in [6.45, 7) is 2.85. The summed E-state index contributed by atoms with van der Waals surface area (Å²) in [4.78, 5) is 15.0. The highest BCUT2D eigenvalue weighted by Crippen LogP contribution is 2.19. The van der Waals surface area contributed by atoms with Gasteiger partial charge in [0.15, 0.2) is 0 Å². The number of benzene rings is 2. The van der Waals surface area contributed by atoms with E-state index in [1.54, 1.807) is 0 Å². The van der Waals surface area contributed by atoms with Crippen LogP contribution < -0.4 is 0 Å². The van der Waals surface area contributed by atoms with Crippen molar-refractivity contribution in [3.05, 3.63) is 71.8 Å². The van der Waals surface area contributed by atoms with E-state index in [4.69, 9.17) is 4.74 Å². The van der Waals surface area contributed by atoms with Crippen LogP contribution in [0.1, 0.15) is 24.0 Å². The molecule has 1 aliphatic rings. The van der Waals surface area contributed by atoms with Crippen molar-refractivity contribution in [1.29, 1.82) is 0 Å². The topological polar surface area (TPSA) is 29.5 Å². The van der Waals surface area contributed by atoms with E-state index in [9.17, 15) is 4.79 Å². The van der Waals surface area contributed by atoms with E-state index >= 15 is 0 Å². The first-order valence-corrected chi connectivity index (χ1v) is 8.77.